The van der Waals surface area contributed by atoms with Crippen LogP contribution in [0.2, 0.25) is 0 Å². The van der Waals surface area contributed by atoms with Gasteiger partial charge in [-0.3, -0.25) is 9.20 Å². The van der Waals surface area contributed by atoms with Crippen LogP contribution in [0.5, 0.6) is 0 Å². The van der Waals surface area contributed by atoms with Gasteiger partial charge in [-0.15, -0.1) is 0 Å². The maximum atomic E-state index is 11.2. The molecule has 0 saturated carbocycles. The predicted octanol–water partition coefficient (Wildman–Crippen LogP) is 0.802. The Bertz CT molecular complexity index is 260. The minimum absolute atomic E-state index is 0.582. The molecule has 0 aromatic heterocycles. The summed E-state index contributed by atoms with van der Waals surface area (Å²) in [5.41, 5.74) is 5.90. The third-order valence-corrected chi connectivity index (χ3v) is 4.30. The highest BCUT2D eigenvalue weighted by molar-refractivity contribution is 7.84. The van der Waals surface area contributed by atoms with Crippen molar-refractivity contribution in [3.8, 4) is 0 Å². The molecule has 0 aromatic rings. The molecule has 2 N–H and O–H groups in total. The van der Waals surface area contributed by atoms with Crippen LogP contribution in [0.1, 0.15) is 26.7 Å². The lowest BCUT2D eigenvalue weighted by molar-refractivity contribution is 0.278. The standard InChI is InChI=1S/C11H23N3OS/c1-3-16(15)9-6-13-11(12)14-7-4-10(2)5-8-14/h10H,3-9H2,1-2H3,(H2,12,13). The molecule has 0 spiro atoms. The second-order valence-electron chi connectivity index (χ2n) is 4.34. The molecule has 1 heterocycles. The molecular weight excluding hydrogens is 222 g/mol. The van der Waals surface area contributed by atoms with Crippen molar-refractivity contribution in [3.63, 3.8) is 0 Å². The predicted molar refractivity (Wildman–Crippen MR) is 70.0 cm³/mol. The summed E-state index contributed by atoms with van der Waals surface area (Å²) in [5.74, 6) is 2.76. The van der Waals surface area contributed by atoms with Gasteiger partial charge in [-0.25, -0.2) is 0 Å². The Kier molecular flexibility index (Phi) is 5.80. The fourth-order valence-corrected chi connectivity index (χ4v) is 2.33. The van der Waals surface area contributed by atoms with E-state index in [-0.39, 0.29) is 0 Å². The first-order chi connectivity index (χ1) is 7.63. The van der Waals surface area contributed by atoms with E-state index >= 15 is 0 Å². The molecule has 1 aliphatic rings. The van der Waals surface area contributed by atoms with Gasteiger partial charge < -0.3 is 10.6 Å². The molecule has 0 radical (unpaired) electrons. The summed E-state index contributed by atoms with van der Waals surface area (Å²) in [6.45, 7) is 6.79. The molecule has 0 aromatic carbocycles. The Hall–Kier alpha value is -0.580. The minimum atomic E-state index is -0.735. The van der Waals surface area contributed by atoms with Crippen molar-refractivity contribution in [2.45, 2.75) is 26.7 Å². The van der Waals surface area contributed by atoms with E-state index in [9.17, 15) is 4.21 Å². The van der Waals surface area contributed by atoms with Crippen molar-refractivity contribution in [1.82, 2.24) is 4.90 Å². The van der Waals surface area contributed by atoms with Crippen LogP contribution < -0.4 is 5.73 Å². The summed E-state index contributed by atoms with van der Waals surface area (Å²) < 4.78 is 11.2. The number of aliphatic imine (C=N–C) groups is 1. The van der Waals surface area contributed by atoms with E-state index in [2.05, 4.69) is 16.8 Å². The summed E-state index contributed by atoms with van der Waals surface area (Å²) >= 11 is 0. The average molecular weight is 245 g/mol. The van der Waals surface area contributed by atoms with Crippen LogP contribution in [-0.4, -0.2) is 46.2 Å². The Balaban J connectivity index is 2.30. The first kappa shape index (κ1) is 13.5. The molecule has 1 fully saturated rings. The van der Waals surface area contributed by atoms with Crippen LogP contribution in [0.4, 0.5) is 0 Å². The van der Waals surface area contributed by atoms with Gasteiger partial charge in [0, 0.05) is 35.4 Å². The monoisotopic (exact) mass is 245 g/mol. The number of piperidine rings is 1. The first-order valence-corrected chi connectivity index (χ1v) is 7.52. The Morgan fingerprint density at radius 2 is 2.12 bits per heavy atom. The summed E-state index contributed by atoms with van der Waals surface area (Å²) in [6.07, 6.45) is 2.38. The van der Waals surface area contributed by atoms with Crippen LogP contribution in [-0.2, 0) is 10.8 Å². The van der Waals surface area contributed by atoms with Crippen molar-refractivity contribution in [2.75, 3.05) is 31.1 Å². The molecule has 5 heteroatoms. The van der Waals surface area contributed by atoms with Crippen molar-refractivity contribution in [1.29, 1.82) is 0 Å². The number of hydrogen-bond donors (Lipinski definition) is 1. The van der Waals surface area contributed by atoms with Gasteiger partial charge in [0.1, 0.15) is 0 Å². The van der Waals surface area contributed by atoms with Crippen molar-refractivity contribution < 1.29 is 4.21 Å². The van der Waals surface area contributed by atoms with Crippen LogP contribution in [0.25, 0.3) is 0 Å². The van der Waals surface area contributed by atoms with Crippen molar-refractivity contribution >= 4 is 16.8 Å². The molecular formula is C11H23N3OS. The molecule has 0 amide bonds. The van der Waals surface area contributed by atoms with Gasteiger partial charge in [0.2, 0.25) is 0 Å². The molecule has 1 atom stereocenters. The van der Waals surface area contributed by atoms with E-state index < -0.39 is 10.8 Å². The van der Waals surface area contributed by atoms with Crippen LogP contribution in [0, 0.1) is 5.92 Å². The smallest absolute Gasteiger partial charge is 0.191 e. The quantitative estimate of drug-likeness (QED) is 0.589. The van der Waals surface area contributed by atoms with Crippen molar-refractivity contribution in [3.05, 3.63) is 0 Å². The fourth-order valence-electron chi connectivity index (χ4n) is 1.74. The highest BCUT2D eigenvalue weighted by Gasteiger charge is 2.16. The van der Waals surface area contributed by atoms with Gasteiger partial charge in [-0.05, 0) is 18.8 Å². The number of nitrogens with two attached hydrogens (primary N) is 1. The summed E-state index contributed by atoms with van der Waals surface area (Å²) in [5, 5.41) is 0. The number of likely N-dealkylation sites (tertiary alicyclic amines) is 1. The molecule has 1 saturated heterocycles. The van der Waals surface area contributed by atoms with Gasteiger partial charge >= 0.3 is 0 Å². The maximum absolute atomic E-state index is 11.2. The zero-order valence-corrected chi connectivity index (χ0v) is 11.1. The van der Waals surface area contributed by atoms with E-state index in [1.165, 1.54) is 12.8 Å². The molecule has 4 nitrogen and oxygen atoms in total. The second kappa shape index (κ2) is 6.89. The maximum Gasteiger partial charge on any atom is 0.191 e. The number of nitrogens with zero attached hydrogens (tertiary/aromatic N) is 2. The largest absolute Gasteiger partial charge is 0.370 e. The highest BCUT2D eigenvalue weighted by atomic mass is 32.2. The molecule has 16 heavy (non-hydrogen) atoms. The van der Waals surface area contributed by atoms with Crippen LogP contribution in [0.15, 0.2) is 4.99 Å². The lowest BCUT2D eigenvalue weighted by Gasteiger charge is -2.31. The second-order valence-corrected chi connectivity index (χ2v) is 6.21. The van der Waals surface area contributed by atoms with E-state index in [1.807, 2.05) is 6.92 Å². The number of hydrogen-bond acceptors (Lipinski definition) is 2. The molecule has 1 unspecified atom stereocenters. The van der Waals surface area contributed by atoms with Gasteiger partial charge in [0.25, 0.3) is 0 Å². The Morgan fingerprint density at radius 1 is 1.50 bits per heavy atom. The highest BCUT2D eigenvalue weighted by Crippen LogP contribution is 2.15. The summed E-state index contributed by atoms with van der Waals surface area (Å²) in [4.78, 5) is 6.42. The Morgan fingerprint density at radius 3 is 2.69 bits per heavy atom. The molecule has 0 aliphatic carbocycles. The Labute approximate surface area is 101 Å². The van der Waals surface area contributed by atoms with Gasteiger partial charge in [-0.2, -0.15) is 0 Å². The van der Waals surface area contributed by atoms with E-state index in [0.717, 1.165) is 19.0 Å². The topological polar surface area (TPSA) is 58.7 Å². The van der Waals surface area contributed by atoms with Gasteiger partial charge in [0.05, 0.1) is 6.54 Å². The van der Waals surface area contributed by atoms with E-state index in [1.54, 1.807) is 0 Å². The third-order valence-electron chi connectivity index (χ3n) is 3.02. The zero-order valence-electron chi connectivity index (χ0n) is 10.3. The van der Waals surface area contributed by atoms with E-state index in [4.69, 9.17) is 5.73 Å². The van der Waals surface area contributed by atoms with Gasteiger partial charge in [-0.1, -0.05) is 13.8 Å². The van der Waals surface area contributed by atoms with Crippen molar-refractivity contribution in [2.24, 2.45) is 16.6 Å². The SMILES string of the molecule is CCS(=O)CCN=C(N)N1CCC(C)CC1. The molecule has 0 bridgehead atoms. The molecule has 1 aliphatic heterocycles. The average Bonchev–Trinajstić information content (AvgIpc) is 2.29. The molecule has 1 rings (SSSR count). The lowest BCUT2D eigenvalue weighted by Crippen LogP contribution is -2.42. The van der Waals surface area contributed by atoms with Gasteiger partial charge in [0.15, 0.2) is 5.96 Å². The number of guanidine groups is 1. The summed E-state index contributed by atoms with van der Waals surface area (Å²) in [6, 6.07) is 0. The van der Waals surface area contributed by atoms with Crippen LogP contribution >= 0.6 is 0 Å². The minimum Gasteiger partial charge on any atom is -0.370 e. The fraction of sp³-hybridized carbons (Fsp3) is 0.909. The number of rotatable bonds is 4. The lowest BCUT2D eigenvalue weighted by atomic mass is 10.00. The third kappa shape index (κ3) is 4.51. The normalized spacial score (nSPS) is 21.1. The zero-order chi connectivity index (χ0) is 12.0. The van der Waals surface area contributed by atoms with E-state index in [0.29, 0.717) is 24.0 Å². The first-order valence-electron chi connectivity index (χ1n) is 6.03. The molecule has 94 valence electrons. The summed E-state index contributed by atoms with van der Waals surface area (Å²) in [7, 11) is -0.735. The van der Waals surface area contributed by atoms with Crippen LogP contribution in [0.3, 0.4) is 0 Å².